The number of carbonyl (C=O) groups excluding carboxylic acids is 1. The summed E-state index contributed by atoms with van der Waals surface area (Å²) in [4.78, 5) is 24.4. The van der Waals surface area contributed by atoms with Gasteiger partial charge in [-0.1, -0.05) is 0 Å². The fourth-order valence-electron chi connectivity index (χ4n) is 0.942. The molecule has 0 bridgehead atoms. The van der Waals surface area contributed by atoms with Crippen LogP contribution in [-0.2, 0) is 4.74 Å². The van der Waals surface area contributed by atoms with E-state index in [0.717, 1.165) is 6.07 Å². The summed E-state index contributed by atoms with van der Waals surface area (Å²) in [5.41, 5.74) is -0.323. The van der Waals surface area contributed by atoms with Crippen LogP contribution >= 0.6 is 0 Å². The summed E-state index contributed by atoms with van der Waals surface area (Å²) >= 11 is 0. The molecule has 5 nitrogen and oxygen atoms in total. The highest BCUT2D eigenvalue weighted by atomic mass is 16.5. The second-order valence-electron chi connectivity index (χ2n) is 2.46. The van der Waals surface area contributed by atoms with Crippen molar-refractivity contribution in [2.75, 3.05) is 6.61 Å². The Kier molecular flexibility index (Phi) is 3.02. The first-order valence-electron chi connectivity index (χ1n) is 3.99. The summed E-state index contributed by atoms with van der Waals surface area (Å²) in [7, 11) is 0. The number of nitrogens with one attached hydrogen (secondary N) is 1. The van der Waals surface area contributed by atoms with Gasteiger partial charge in [-0.05, 0) is 6.92 Å². The average molecular weight is 192 g/mol. The standard InChI is InChI=1S/C9H8N2O3/c1-2-14-9(13)7-5-11-8(12)3-6(7)4-10/h3,5H,2H2,1H3,(H,11,12). The molecule has 14 heavy (non-hydrogen) atoms. The predicted molar refractivity (Wildman–Crippen MR) is 47.7 cm³/mol. The molecule has 5 heteroatoms. The number of nitrogens with zero attached hydrogens (tertiary/aromatic N) is 1. The van der Waals surface area contributed by atoms with E-state index < -0.39 is 11.5 Å². The molecule has 0 aliphatic carbocycles. The van der Waals surface area contributed by atoms with E-state index >= 15 is 0 Å². The molecule has 0 saturated carbocycles. The number of ether oxygens (including phenoxy) is 1. The number of aromatic amines is 1. The van der Waals surface area contributed by atoms with Gasteiger partial charge in [0.25, 0.3) is 0 Å². The first-order valence-corrected chi connectivity index (χ1v) is 3.99. The van der Waals surface area contributed by atoms with Crippen LogP contribution in [0.5, 0.6) is 0 Å². The molecule has 1 heterocycles. The predicted octanol–water partition coefficient (Wildman–Crippen LogP) is 0.423. The van der Waals surface area contributed by atoms with Gasteiger partial charge in [0, 0.05) is 12.3 Å². The fraction of sp³-hybridized carbons (Fsp3) is 0.222. The molecule has 0 aliphatic rings. The molecule has 1 rings (SSSR count). The lowest BCUT2D eigenvalue weighted by atomic mass is 10.1. The van der Waals surface area contributed by atoms with E-state index in [0.29, 0.717) is 0 Å². The molecule has 0 unspecified atom stereocenters. The Balaban J connectivity index is 3.16. The van der Waals surface area contributed by atoms with Gasteiger partial charge in [0.05, 0.1) is 17.7 Å². The van der Waals surface area contributed by atoms with Gasteiger partial charge in [-0.3, -0.25) is 4.79 Å². The van der Waals surface area contributed by atoms with Crippen LogP contribution in [0.1, 0.15) is 22.8 Å². The van der Waals surface area contributed by atoms with Gasteiger partial charge in [0.15, 0.2) is 0 Å². The third-order valence-electron chi connectivity index (χ3n) is 1.54. The van der Waals surface area contributed by atoms with Crippen LogP contribution in [0, 0.1) is 11.3 Å². The molecule has 1 aromatic heterocycles. The quantitative estimate of drug-likeness (QED) is 0.688. The highest BCUT2D eigenvalue weighted by Crippen LogP contribution is 2.04. The maximum atomic E-state index is 11.2. The van der Waals surface area contributed by atoms with E-state index in [1.54, 1.807) is 13.0 Å². The summed E-state index contributed by atoms with van der Waals surface area (Å²) in [5, 5.41) is 8.65. The van der Waals surface area contributed by atoms with E-state index in [4.69, 9.17) is 10.00 Å². The topological polar surface area (TPSA) is 83.0 Å². The Morgan fingerprint density at radius 2 is 2.43 bits per heavy atom. The van der Waals surface area contributed by atoms with Crippen molar-refractivity contribution in [3.8, 4) is 6.07 Å². The molecular formula is C9H8N2O3. The first-order chi connectivity index (χ1) is 6.69. The Morgan fingerprint density at radius 1 is 1.71 bits per heavy atom. The third-order valence-corrected chi connectivity index (χ3v) is 1.54. The van der Waals surface area contributed by atoms with Crippen molar-refractivity contribution in [2.24, 2.45) is 0 Å². The third kappa shape index (κ3) is 1.98. The number of aromatic nitrogens is 1. The summed E-state index contributed by atoms with van der Waals surface area (Å²) in [6.45, 7) is 1.89. The van der Waals surface area contributed by atoms with Gasteiger partial charge in [-0.2, -0.15) is 5.26 Å². The van der Waals surface area contributed by atoms with E-state index in [-0.39, 0.29) is 17.7 Å². The van der Waals surface area contributed by atoms with E-state index in [1.165, 1.54) is 6.20 Å². The molecule has 0 spiro atoms. The Labute approximate surface area is 79.9 Å². The summed E-state index contributed by atoms with van der Waals surface area (Å²) in [5.74, 6) is -0.611. The summed E-state index contributed by atoms with van der Waals surface area (Å²) in [6.07, 6.45) is 1.18. The molecule has 0 aromatic carbocycles. The molecule has 1 N–H and O–H groups in total. The van der Waals surface area contributed by atoms with Crippen molar-refractivity contribution in [2.45, 2.75) is 6.92 Å². The number of H-pyrrole nitrogens is 1. The lowest BCUT2D eigenvalue weighted by molar-refractivity contribution is 0.0525. The van der Waals surface area contributed by atoms with Gasteiger partial charge in [0.1, 0.15) is 6.07 Å². The van der Waals surface area contributed by atoms with E-state index in [2.05, 4.69) is 4.98 Å². The van der Waals surface area contributed by atoms with E-state index in [9.17, 15) is 9.59 Å². The maximum Gasteiger partial charge on any atom is 0.340 e. The van der Waals surface area contributed by atoms with Crippen molar-refractivity contribution in [3.63, 3.8) is 0 Å². The minimum atomic E-state index is -0.611. The molecule has 0 amide bonds. The minimum absolute atomic E-state index is 0.0206. The SMILES string of the molecule is CCOC(=O)c1c[nH]c(=O)cc1C#N. The molecule has 0 aliphatic heterocycles. The molecule has 0 fully saturated rings. The highest BCUT2D eigenvalue weighted by molar-refractivity contribution is 5.91. The summed E-state index contributed by atoms with van der Waals surface area (Å²) in [6, 6.07) is 2.82. The van der Waals surface area contributed by atoms with Crippen LogP contribution in [0.4, 0.5) is 0 Å². The minimum Gasteiger partial charge on any atom is -0.462 e. The monoisotopic (exact) mass is 192 g/mol. The Bertz CT molecular complexity index is 442. The van der Waals surface area contributed by atoms with Gasteiger partial charge in [-0.15, -0.1) is 0 Å². The van der Waals surface area contributed by atoms with Gasteiger partial charge < -0.3 is 9.72 Å². The van der Waals surface area contributed by atoms with Gasteiger partial charge >= 0.3 is 5.97 Å². The number of hydrogen-bond acceptors (Lipinski definition) is 4. The zero-order valence-electron chi connectivity index (χ0n) is 7.53. The number of pyridine rings is 1. The first kappa shape index (κ1) is 9.99. The average Bonchev–Trinajstić information content (AvgIpc) is 2.17. The van der Waals surface area contributed by atoms with Crippen LogP contribution < -0.4 is 5.56 Å². The maximum absolute atomic E-state index is 11.2. The van der Waals surface area contributed by atoms with Crippen LogP contribution in [0.25, 0.3) is 0 Å². The molecule has 0 radical (unpaired) electrons. The Morgan fingerprint density at radius 3 is 3.00 bits per heavy atom. The number of esters is 1. The van der Waals surface area contributed by atoms with Crippen molar-refractivity contribution < 1.29 is 9.53 Å². The van der Waals surface area contributed by atoms with Crippen molar-refractivity contribution in [1.29, 1.82) is 5.26 Å². The van der Waals surface area contributed by atoms with Crippen LogP contribution in [0.2, 0.25) is 0 Å². The van der Waals surface area contributed by atoms with Crippen molar-refractivity contribution in [3.05, 3.63) is 33.7 Å². The zero-order valence-corrected chi connectivity index (χ0v) is 7.53. The van der Waals surface area contributed by atoms with Crippen LogP contribution in [0.3, 0.4) is 0 Å². The van der Waals surface area contributed by atoms with Crippen molar-refractivity contribution in [1.82, 2.24) is 4.98 Å². The number of nitriles is 1. The van der Waals surface area contributed by atoms with Gasteiger partial charge in [-0.25, -0.2) is 4.79 Å². The largest absolute Gasteiger partial charge is 0.462 e. The Hall–Kier alpha value is -2.09. The van der Waals surface area contributed by atoms with Gasteiger partial charge in [0.2, 0.25) is 5.56 Å². The second kappa shape index (κ2) is 4.23. The molecule has 1 aromatic rings. The lowest BCUT2D eigenvalue weighted by Gasteiger charge is -2.01. The molecular weight excluding hydrogens is 184 g/mol. The van der Waals surface area contributed by atoms with Crippen molar-refractivity contribution >= 4 is 5.97 Å². The molecule has 0 atom stereocenters. The second-order valence-corrected chi connectivity index (χ2v) is 2.46. The summed E-state index contributed by atoms with van der Waals surface area (Å²) < 4.78 is 4.70. The number of carbonyl (C=O) groups is 1. The van der Waals surface area contributed by atoms with Crippen LogP contribution in [0.15, 0.2) is 17.1 Å². The normalized spacial score (nSPS) is 9.14. The zero-order chi connectivity index (χ0) is 10.6. The number of hydrogen-bond donors (Lipinski definition) is 1. The number of rotatable bonds is 2. The lowest BCUT2D eigenvalue weighted by Crippen LogP contribution is -2.12. The van der Waals surface area contributed by atoms with E-state index in [1.807, 2.05) is 0 Å². The molecule has 0 saturated heterocycles. The smallest absolute Gasteiger partial charge is 0.340 e. The van der Waals surface area contributed by atoms with Crippen LogP contribution in [-0.4, -0.2) is 17.6 Å². The molecule has 72 valence electrons. The fourth-order valence-corrected chi connectivity index (χ4v) is 0.942. The highest BCUT2D eigenvalue weighted by Gasteiger charge is 2.12.